The summed E-state index contributed by atoms with van der Waals surface area (Å²) in [6, 6.07) is 8.93. The molecule has 1 saturated heterocycles. The quantitative estimate of drug-likeness (QED) is 0.114. The molecule has 1 aliphatic rings. The number of likely N-dealkylation sites (tertiary alicyclic amines) is 1. The van der Waals surface area contributed by atoms with E-state index in [4.69, 9.17) is 23.7 Å². The highest BCUT2D eigenvalue weighted by Crippen LogP contribution is 2.39. The van der Waals surface area contributed by atoms with Crippen molar-refractivity contribution < 1.29 is 60.0 Å². The first-order chi connectivity index (χ1) is 28.4. The first-order valence-electron chi connectivity index (χ1n) is 20.1. The minimum atomic E-state index is -4.62. The number of sulfone groups is 1. The second kappa shape index (κ2) is 20.3. The molecular weight excluding hydrogens is 822 g/mol. The summed E-state index contributed by atoms with van der Waals surface area (Å²) in [5.74, 6) is 5.54. The van der Waals surface area contributed by atoms with Crippen molar-refractivity contribution in [2.75, 3.05) is 69.6 Å². The van der Waals surface area contributed by atoms with Crippen molar-refractivity contribution in [3.63, 3.8) is 0 Å². The fourth-order valence-electron chi connectivity index (χ4n) is 6.77. The van der Waals surface area contributed by atoms with E-state index < -0.39 is 52.5 Å². The molecule has 0 aliphatic carbocycles. The Balaban J connectivity index is 1.77. The summed E-state index contributed by atoms with van der Waals surface area (Å²) in [5, 5.41) is 13.2. The van der Waals surface area contributed by atoms with Crippen LogP contribution in [0.15, 0.2) is 41.3 Å². The summed E-state index contributed by atoms with van der Waals surface area (Å²) < 4.78 is 97.3. The number of anilines is 2. The molecule has 0 radical (unpaired) electrons. The second-order valence-electron chi connectivity index (χ2n) is 16.8. The number of rotatable bonds is 15. The number of carbonyl (C=O) groups excluding carboxylic acids is 2. The van der Waals surface area contributed by atoms with Crippen LogP contribution in [0.5, 0.6) is 11.5 Å². The molecule has 2 aromatic carbocycles. The average Bonchev–Trinajstić information content (AvgIpc) is 3.48. The number of nitrogens with zero attached hydrogens (tertiary/aromatic N) is 3. The van der Waals surface area contributed by atoms with Crippen LogP contribution in [-0.4, -0.2) is 118 Å². The fourth-order valence-corrected chi connectivity index (χ4v) is 7.57. The molecule has 2 N–H and O–H groups in total. The number of carbonyl (C=O) groups is 2. The van der Waals surface area contributed by atoms with Gasteiger partial charge in [0.15, 0.2) is 9.84 Å². The molecule has 0 bridgehead atoms. The van der Waals surface area contributed by atoms with Crippen LogP contribution in [0.3, 0.4) is 0 Å². The molecule has 338 valence electrons. The maximum atomic E-state index is 14.2. The van der Waals surface area contributed by atoms with E-state index in [-0.39, 0.29) is 65.1 Å². The molecule has 1 fully saturated rings. The normalized spacial score (nSPS) is 16.1. The van der Waals surface area contributed by atoms with Crippen molar-refractivity contribution in [2.24, 2.45) is 5.92 Å². The van der Waals surface area contributed by atoms with E-state index in [9.17, 15) is 36.3 Å². The number of aliphatic hydroxyl groups is 1. The number of amides is 2. The van der Waals surface area contributed by atoms with Gasteiger partial charge in [0, 0.05) is 55.2 Å². The van der Waals surface area contributed by atoms with Crippen LogP contribution in [0.4, 0.5) is 34.1 Å². The summed E-state index contributed by atoms with van der Waals surface area (Å²) in [4.78, 5) is 29.4. The zero-order valence-electron chi connectivity index (χ0n) is 36.4. The van der Waals surface area contributed by atoms with Crippen molar-refractivity contribution in [1.82, 2.24) is 9.47 Å². The molecule has 2 amide bonds. The summed E-state index contributed by atoms with van der Waals surface area (Å²) in [6.45, 7) is 11.7. The third-order valence-electron chi connectivity index (χ3n) is 9.34. The molecule has 2 heterocycles. The van der Waals surface area contributed by atoms with Gasteiger partial charge in [-0.1, -0.05) is 18.9 Å². The molecule has 1 aromatic heterocycles. The third kappa shape index (κ3) is 14.1. The van der Waals surface area contributed by atoms with E-state index in [0.29, 0.717) is 50.0 Å². The van der Waals surface area contributed by atoms with Crippen LogP contribution < -0.4 is 19.7 Å². The van der Waals surface area contributed by atoms with Gasteiger partial charge >= 0.3 is 18.4 Å². The van der Waals surface area contributed by atoms with Crippen LogP contribution in [0, 0.1) is 17.8 Å². The Morgan fingerprint density at radius 1 is 1.00 bits per heavy atom. The number of aliphatic hydroxyl groups excluding tert-OH is 1. The van der Waals surface area contributed by atoms with Crippen LogP contribution in [0.2, 0.25) is 0 Å². The first kappa shape index (κ1) is 48.8. The number of aromatic nitrogens is 1. The standard InChI is InChI=1S/C43H59F3N4O10S/c1-10-21-58-37-25-35(36(56-8)26-38(37)61(9,54)55)49(40(53)60-42(5,6)7)18-12-13-30-24-31-33(14-11-15-34(31)50(30)28-43(44,45)46)47-32-16-19-48(39(52)59-41(2,3)4)27-29(32)17-22-57-23-20-51/h11,14-15,24-26,29,32,47,51H,10,16-23,27-28H2,1-9H3. The van der Waals surface area contributed by atoms with Gasteiger partial charge in [-0.15, -0.1) is 0 Å². The summed E-state index contributed by atoms with van der Waals surface area (Å²) >= 11 is 0. The lowest BCUT2D eigenvalue weighted by atomic mass is 9.89. The lowest BCUT2D eigenvalue weighted by molar-refractivity contribution is -0.140. The number of ether oxygens (including phenoxy) is 5. The third-order valence-corrected chi connectivity index (χ3v) is 10.5. The topological polar surface area (TPSA) is 158 Å². The largest absolute Gasteiger partial charge is 0.495 e. The lowest BCUT2D eigenvalue weighted by Crippen LogP contribution is -2.50. The monoisotopic (exact) mass is 880 g/mol. The number of methoxy groups -OCH3 is 1. The maximum Gasteiger partial charge on any atom is 0.415 e. The molecular formula is C43H59F3N4O10S. The van der Waals surface area contributed by atoms with Gasteiger partial charge in [-0.2, -0.15) is 13.2 Å². The number of nitrogens with one attached hydrogen (secondary N) is 1. The predicted octanol–water partition coefficient (Wildman–Crippen LogP) is 7.63. The molecule has 3 aromatic rings. The van der Waals surface area contributed by atoms with E-state index in [1.54, 1.807) is 70.7 Å². The zero-order chi connectivity index (χ0) is 45.3. The zero-order valence-corrected chi connectivity index (χ0v) is 37.2. The number of halogens is 3. The van der Waals surface area contributed by atoms with E-state index >= 15 is 0 Å². The van der Waals surface area contributed by atoms with Gasteiger partial charge in [0.1, 0.15) is 34.1 Å². The number of hydrogen-bond donors (Lipinski definition) is 2. The minimum absolute atomic E-state index is 0.00553. The van der Waals surface area contributed by atoms with Crippen LogP contribution in [0.25, 0.3) is 10.9 Å². The van der Waals surface area contributed by atoms with Gasteiger partial charge in [0.25, 0.3) is 0 Å². The Morgan fingerprint density at radius 3 is 2.31 bits per heavy atom. The molecule has 18 heteroatoms. The van der Waals surface area contributed by atoms with Gasteiger partial charge in [-0.3, -0.25) is 4.90 Å². The highest BCUT2D eigenvalue weighted by Gasteiger charge is 2.35. The van der Waals surface area contributed by atoms with Crippen LogP contribution in [-0.2, 0) is 30.6 Å². The van der Waals surface area contributed by atoms with Crippen LogP contribution >= 0.6 is 0 Å². The Morgan fingerprint density at radius 2 is 1.70 bits per heavy atom. The van der Waals surface area contributed by atoms with Gasteiger partial charge in [-0.25, -0.2) is 18.0 Å². The average molecular weight is 881 g/mol. The van der Waals surface area contributed by atoms with Crippen molar-refractivity contribution in [2.45, 2.75) is 103 Å². The summed E-state index contributed by atoms with van der Waals surface area (Å²) in [6.07, 6.45) is -3.32. The van der Waals surface area contributed by atoms with Crippen molar-refractivity contribution >= 4 is 44.3 Å². The number of hydrogen-bond acceptors (Lipinski definition) is 11. The minimum Gasteiger partial charge on any atom is -0.495 e. The number of benzene rings is 2. The highest BCUT2D eigenvalue weighted by molar-refractivity contribution is 7.90. The van der Waals surface area contributed by atoms with Crippen molar-refractivity contribution in [1.29, 1.82) is 0 Å². The van der Waals surface area contributed by atoms with E-state index in [0.717, 1.165) is 15.7 Å². The van der Waals surface area contributed by atoms with Gasteiger partial charge in [0.2, 0.25) is 0 Å². The molecule has 2 atom stereocenters. The second-order valence-corrected chi connectivity index (χ2v) is 18.8. The van der Waals surface area contributed by atoms with Crippen molar-refractivity contribution in [3.05, 3.63) is 42.1 Å². The summed E-state index contributed by atoms with van der Waals surface area (Å²) in [7, 11) is -2.51. The summed E-state index contributed by atoms with van der Waals surface area (Å²) in [5.41, 5.74) is -0.744. The van der Waals surface area contributed by atoms with Gasteiger partial charge in [0.05, 0.1) is 50.4 Å². The van der Waals surface area contributed by atoms with Gasteiger partial charge in [-0.05, 0) is 90.8 Å². The number of alkyl halides is 3. The molecule has 14 nitrogen and oxygen atoms in total. The molecule has 0 spiro atoms. The number of piperidine rings is 1. The molecule has 1 aliphatic heterocycles. The lowest BCUT2D eigenvalue weighted by Gasteiger charge is -2.40. The smallest absolute Gasteiger partial charge is 0.415 e. The first-order valence-corrected chi connectivity index (χ1v) is 22.0. The van der Waals surface area contributed by atoms with E-state index in [1.807, 2.05) is 6.92 Å². The highest BCUT2D eigenvalue weighted by atomic mass is 32.2. The molecule has 61 heavy (non-hydrogen) atoms. The Kier molecular flexibility index (Phi) is 16.3. The maximum absolute atomic E-state index is 14.2. The molecule has 4 rings (SSSR count). The van der Waals surface area contributed by atoms with Crippen molar-refractivity contribution in [3.8, 4) is 23.3 Å². The Hall–Kier alpha value is -4.86. The Labute approximate surface area is 356 Å². The van der Waals surface area contributed by atoms with E-state index in [1.165, 1.54) is 19.2 Å². The molecule has 2 unspecified atom stereocenters. The van der Waals surface area contributed by atoms with Gasteiger partial charge < -0.3 is 43.6 Å². The SMILES string of the molecule is CCCOc1cc(N(CC#Cc2cc3c(NC4CCN(C(=O)OC(C)(C)C)CC4CCOCCO)cccc3n2CC(F)(F)F)C(=O)OC(C)(C)C)c(OC)cc1S(C)(=O)=O. The van der Waals surface area contributed by atoms with Crippen LogP contribution in [0.1, 0.15) is 73.4 Å². The molecule has 0 saturated carbocycles. The number of fused-ring (bicyclic) bond motifs is 1. The van der Waals surface area contributed by atoms with E-state index in [2.05, 4.69) is 17.2 Å². The predicted molar refractivity (Wildman–Crippen MR) is 226 cm³/mol. The fraction of sp³-hybridized carbons (Fsp3) is 0.581. The Bertz CT molecular complexity index is 2170.